The van der Waals surface area contributed by atoms with E-state index in [0.29, 0.717) is 13.0 Å². The molecule has 2 aromatic rings. The molecule has 2 heterocycles. The fourth-order valence-corrected chi connectivity index (χ4v) is 3.79. The van der Waals surface area contributed by atoms with E-state index in [1.54, 1.807) is 11.2 Å². The summed E-state index contributed by atoms with van der Waals surface area (Å²) in [6.45, 7) is 4.75. The number of nitrogens with zero attached hydrogens (tertiary/aromatic N) is 3. The highest BCUT2D eigenvalue weighted by atomic mass is 16.1. The molecule has 4 nitrogen and oxygen atoms in total. The lowest BCUT2D eigenvalue weighted by molar-refractivity contribution is -0.116. The Balaban J connectivity index is 1.59. The third-order valence-corrected chi connectivity index (χ3v) is 5.06. The minimum atomic E-state index is 0.235. The van der Waals surface area contributed by atoms with Gasteiger partial charge >= 0.3 is 0 Å². The molecule has 0 N–H and O–H groups in total. The SMILES string of the molecule is Cc1ccc(C2CC(=O)C3=C(C=NN(c4ccccn4)C3)C2)c(C)c1. The Hall–Kier alpha value is -2.75. The van der Waals surface area contributed by atoms with Gasteiger partial charge in [0.2, 0.25) is 0 Å². The highest BCUT2D eigenvalue weighted by molar-refractivity contribution is 6.05. The van der Waals surface area contributed by atoms with E-state index in [2.05, 4.69) is 42.1 Å². The summed E-state index contributed by atoms with van der Waals surface area (Å²) in [6, 6.07) is 12.2. The van der Waals surface area contributed by atoms with Gasteiger partial charge in [0.15, 0.2) is 5.78 Å². The molecule has 0 spiro atoms. The van der Waals surface area contributed by atoms with Crippen LogP contribution in [0.3, 0.4) is 0 Å². The number of allylic oxidation sites excluding steroid dienone is 1. The first-order valence-corrected chi connectivity index (χ1v) is 8.67. The summed E-state index contributed by atoms with van der Waals surface area (Å²) in [7, 11) is 0. The van der Waals surface area contributed by atoms with Crippen LogP contribution in [0.15, 0.2) is 58.8 Å². The van der Waals surface area contributed by atoms with E-state index in [4.69, 9.17) is 0 Å². The summed E-state index contributed by atoms with van der Waals surface area (Å²) in [5.74, 6) is 1.26. The van der Waals surface area contributed by atoms with Crippen molar-refractivity contribution in [1.29, 1.82) is 0 Å². The number of hydrogen-bond acceptors (Lipinski definition) is 4. The molecule has 1 aliphatic heterocycles. The monoisotopic (exact) mass is 331 g/mol. The standard InChI is InChI=1S/C21H21N3O/c1-14-6-7-18(15(2)9-14)16-10-17-12-23-24(13-19(17)20(25)11-16)21-5-3-4-8-22-21/h3-9,12,16H,10-11,13H2,1-2H3. The number of aromatic nitrogens is 1. The molecule has 0 fully saturated rings. The maximum absolute atomic E-state index is 12.8. The van der Waals surface area contributed by atoms with Crippen molar-refractivity contribution in [3.8, 4) is 0 Å². The maximum Gasteiger partial charge on any atom is 0.161 e. The number of pyridine rings is 1. The molecule has 0 saturated carbocycles. The molecule has 25 heavy (non-hydrogen) atoms. The molecule has 4 rings (SSSR count). The molecular formula is C21H21N3O. The lowest BCUT2D eigenvalue weighted by Crippen LogP contribution is -2.32. The van der Waals surface area contributed by atoms with Gasteiger partial charge in [-0.1, -0.05) is 29.8 Å². The van der Waals surface area contributed by atoms with E-state index < -0.39 is 0 Å². The number of hydrogen-bond donors (Lipinski definition) is 0. The number of carbonyl (C=O) groups excluding carboxylic acids is 1. The normalized spacial score (nSPS) is 20.0. The van der Waals surface area contributed by atoms with Gasteiger partial charge < -0.3 is 0 Å². The first-order valence-electron chi connectivity index (χ1n) is 8.67. The average Bonchev–Trinajstić information content (AvgIpc) is 2.62. The number of aryl methyl sites for hydroxylation is 2. The average molecular weight is 331 g/mol. The van der Waals surface area contributed by atoms with Crippen molar-refractivity contribution in [2.24, 2.45) is 5.10 Å². The molecule has 2 aliphatic rings. The van der Waals surface area contributed by atoms with E-state index in [1.807, 2.05) is 24.4 Å². The summed E-state index contributed by atoms with van der Waals surface area (Å²) in [5.41, 5.74) is 5.78. The first kappa shape index (κ1) is 15.8. The number of rotatable bonds is 2. The van der Waals surface area contributed by atoms with E-state index in [1.165, 1.54) is 16.7 Å². The minimum absolute atomic E-state index is 0.235. The molecule has 1 unspecified atom stereocenters. The lowest BCUT2D eigenvalue weighted by Gasteiger charge is -2.31. The van der Waals surface area contributed by atoms with E-state index in [-0.39, 0.29) is 11.7 Å². The van der Waals surface area contributed by atoms with Gasteiger partial charge in [-0.05, 0) is 55.0 Å². The maximum atomic E-state index is 12.8. The topological polar surface area (TPSA) is 45.6 Å². The lowest BCUT2D eigenvalue weighted by atomic mass is 9.78. The summed E-state index contributed by atoms with van der Waals surface area (Å²) in [5, 5.41) is 6.32. The van der Waals surface area contributed by atoms with Gasteiger partial charge in [-0.2, -0.15) is 5.10 Å². The van der Waals surface area contributed by atoms with Crippen molar-refractivity contribution >= 4 is 17.8 Å². The van der Waals surface area contributed by atoms with Crippen LogP contribution in [0, 0.1) is 13.8 Å². The zero-order chi connectivity index (χ0) is 17.4. The zero-order valence-electron chi connectivity index (χ0n) is 14.6. The molecule has 1 atom stereocenters. The largest absolute Gasteiger partial charge is 0.294 e. The van der Waals surface area contributed by atoms with Crippen molar-refractivity contribution in [3.05, 3.63) is 70.4 Å². The Morgan fingerprint density at radius 3 is 2.76 bits per heavy atom. The minimum Gasteiger partial charge on any atom is -0.294 e. The van der Waals surface area contributed by atoms with E-state index in [0.717, 1.165) is 23.4 Å². The third kappa shape index (κ3) is 3.00. The first-order chi connectivity index (χ1) is 12.1. The summed E-state index contributed by atoms with van der Waals surface area (Å²) >= 11 is 0. The highest BCUT2D eigenvalue weighted by Gasteiger charge is 2.31. The second-order valence-electron chi connectivity index (χ2n) is 6.88. The fraction of sp³-hybridized carbons (Fsp3) is 0.286. The van der Waals surface area contributed by atoms with E-state index in [9.17, 15) is 4.79 Å². The summed E-state index contributed by atoms with van der Waals surface area (Å²) in [4.78, 5) is 17.1. The van der Waals surface area contributed by atoms with Gasteiger partial charge in [0, 0.05) is 18.2 Å². The van der Waals surface area contributed by atoms with Crippen LogP contribution in [-0.4, -0.2) is 23.5 Å². The molecule has 1 aromatic carbocycles. The van der Waals surface area contributed by atoms with Gasteiger partial charge in [0.05, 0.1) is 12.8 Å². The second-order valence-corrected chi connectivity index (χ2v) is 6.88. The molecule has 0 amide bonds. The Bertz CT molecular complexity index is 883. The molecule has 0 saturated heterocycles. The van der Waals surface area contributed by atoms with Crippen molar-refractivity contribution in [1.82, 2.24) is 4.98 Å². The Morgan fingerprint density at radius 1 is 1.12 bits per heavy atom. The van der Waals surface area contributed by atoms with Gasteiger partial charge in [-0.3, -0.25) is 4.79 Å². The van der Waals surface area contributed by atoms with Crippen LogP contribution >= 0.6 is 0 Å². The molecular weight excluding hydrogens is 310 g/mol. The van der Waals surface area contributed by atoms with Crippen LogP contribution in [-0.2, 0) is 4.79 Å². The van der Waals surface area contributed by atoms with Crippen molar-refractivity contribution in [2.45, 2.75) is 32.6 Å². The van der Waals surface area contributed by atoms with Crippen LogP contribution in [0.4, 0.5) is 5.82 Å². The second kappa shape index (κ2) is 6.28. The van der Waals surface area contributed by atoms with Crippen LogP contribution in [0.25, 0.3) is 0 Å². The Labute approximate surface area is 147 Å². The van der Waals surface area contributed by atoms with Crippen LogP contribution < -0.4 is 5.01 Å². The predicted molar refractivity (Wildman–Crippen MR) is 100.0 cm³/mol. The highest BCUT2D eigenvalue weighted by Crippen LogP contribution is 2.37. The number of anilines is 1. The van der Waals surface area contributed by atoms with E-state index >= 15 is 0 Å². The van der Waals surface area contributed by atoms with Crippen LogP contribution in [0.2, 0.25) is 0 Å². The summed E-state index contributed by atoms with van der Waals surface area (Å²) in [6.07, 6.45) is 5.05. The van der Waals surface area contributed by atoms with Gasteiger partial charge in [0.1, 0.15) is 5.82 Å². The van der Waals surface area contributed by atoms with Crippen molar-refractivity contribution in [3.63, 3.8) is 0 Å². The Morgan fingerprint density at radius 2 is 2.00 bits per heavy atom. The zero-order valence-corrected chi connectivity index (χ0v) is 14.6. The number of Topliss-reactive ketones (excluding diaryl/α,β-unsaturated/α-hetero) is 1. The molecule has 1 aromatic heterocycles. The van der Waals surface area contributed by atoms with Crippen molar-refractivity contribution in [2.75, 3.05) is 11.6 Å². The van der Waals surface area contributed by atoms with Crippen LogP contribution in [0.1, 0.15) is 35.4 Å². The van der Waals surface area contributed by atoms with Gasteiger partial charge in [-0.15, -0.1) is 0 Å². The van der Waals surface area contributed by atoms with Crippen molar-refractivity contribution < 1.29 is 4.79 Å². The van der Waals surface area contributed by atoms with Crippen LogP contribution in [0.5, 0.6) is 0 Å². The molecule has 0 bridgehead atoms. The van der Waals surface area contributed by atoms with Gasteiger partial charge in [-0.25, -0.2) is 9.99 Å². The smallest absolute Gasteiger partial charge is 0.161 e. The quantitative estimate of drug-likeness (QED) is 0.837. The summed E-state index contributed by atoms with van der Waals surface area (Å²) < 4.78 is 0. The van der Waals surface area contributed by atoms with Gasteiger partial charge in [0.25, 0.3) is 0 Å². The molecule has 126 valence electrons. The molecule has 1 aliphatic carbocycles. The Kier molecular flexibility index (Phi) is 3.96. The number of benzene rings is 1. The molecule has 0 radical (unpaired) electrons. The number of carbonyl (C=O) groups is 1. The fourth-order valence-electron chi connectivity index (χ4n) is 3.79. The number of hydrazone groups is 1. The third-order valence-electron chi connectivity index (χ3n) is 5.06. The predicted octanol–water partition coefficient (Wildman–Crippen LogP) is 3.95. The molecule has 4 heteroatoms. The number of ketones is 1.